The van der Waals surface area contributed by atoms with E-state index in [1.54, 1.807) is 62.6 Å². The number of aryl methyl sites for hydroxylation is 1. The zero-order valence-corrected chi connectivity index (χ0v) is 24.6. The Kier molecular flexibility index (Phi) is 8.66. The average molecular weight is 629 g/mol. The van der Waals surface area contributed by atoms with Crippen molar-refractivity contribution in [3.63, 3.8) is 0 Å². The molecule has 230 valence electrons. The van der Waals surface area contributed by atoms with E-state index in [9.17, 15) is 30.8 Å². The number of ether oxygens (including phenoxy) is 2. The molecule has 1 aliphatic heterocycles. The Balaban J connectivity index is 1.27. The van der Waals surface area contributed by atoms with Gasteiger partial charge in [0.05, 0.1) is 24.0 Å². The van der Waals surface area contributed by atoms with E-state index in [2.05, 4.69) is 5.32 Å². The Hall–Kier alpha value is -4.42. The van der Waals surface area contributed by atoms with Crippen LogP contribution in [0.25, 0.3) is 0 Å². The van der Waals surface area contributed by atoms with Crippen molar-refractivity contribution in [1.29, 1.82) is 0 Å². The summed E-state index contributed by atoms with van der Waals surface area (Å²) in [4.78, 5) is 12.9. The van der Waals surface area contributed by atoms with Crippen molar-refractivity contribution in [2.24, 2.45) is 0 Å². The number of fused-ring (bicyclic) bond motifs is 1. The molecule has 0 aliphatic carbocycles. The number of hydrogen-bond acceptors (Lipinski definition) is 5. The lowest BCUT2D eigenvalue weighted by atomic mass is 9.95. The van der Waals surface area contributed by atoms with Crippen molar-refractivity contribution in [3.05, 3.63) is 112 Å². The topological polar surface area (TPSA) is 84.9 Å². The van der Waals surface area contributed by atoms with E-state index >= 15 is 0 Å². The van der Waals surface area contributed by atoms with Gasteiger partial charge in [0.15, 0.2) is 0 Å². The number of rotatable bonds is 8. The van der Waals surface area contributed by atoms with Crippen molar-refractivity contribution < 1.29 is 40.2 Å². The van der Waals surface area contributed by atoms with Gasteiger partial charge >= 0.3 is 6.18 Å². The van der Waals surface area contributed by atoms with E-state index in [0.29, 0.717) is 47.1 Å². The number of methoxy groups -OCH3 is 1. The molecule has 0 radical (unpaired) electrons. The van der Waals surface area contributed by atoms with Gasteiger partial charge in [0.2, 0.25) is 15.9 Å². The molecule has 1 N–H and O–H groups in total. The second-order valence-corrected chi connectivity index (χ2v) is 12.2. The molecule has 1 heterocycles. The van der Waals surface area contributed by atoms with E-state index in [0.717, 1.165) is 17.2 Å². The maximum absolute atomic E-state index is 14.0. The average Bonchev–Trinajstić information content (AvgIpc) is 2.98. The third-order valence-electron chi connectivity index (χ3n) is 7.30. The quantitative estimate of drug-likeness (QED) is 0.215. The summed E-state index contributed by atoms with van der Waals surface area (Å²) in [5.74, 6) is -0.266. The molecule has 5 rings (SSSR count). The molecule has 4 aromatic rings. The lowest BCUT2D eigenvalue weighted by molar-refractivity contribution is -0.140. The molecule has 0 fully saturated rings. The normalized spacial score (nSPS) is 13.7. The molecule has 0 aromatic heterocycles. The minimum absolute atomic E-state index is 0.0784. The maximum Gasteiger partial charge on any atom is 0.419 e. The maximum atomic E-state index is 14.0. The van der Waals surface area contributed by atoms with Gasteiger partial charge in [0, 0.05) is 18.8 Å². The number of halogens is 4. The number of carbonyl (C=O) groups is 1. The molecule has 0 bridgehead atoms. The van der Waals surface area contributed by atoms with Crippen LogP contribution < -0.4 is 14.8 Å². The number of sulfonamides is 1. The van der Waals surface area contributed by atoms with E-state index in [4.69, 9.17) is 9.47 Å². The van der Waals surface area contributed by atoms with Gasteiger partial charge in [0.1, 0.15) is 23.1 Å². The molecule has 12 heteroatoms. The molecular weight excluding hydrogens is 600 g/mol. The number of nitrogens with one attached hydrogen (secondary N) is 1. The SMILES string of the molecule is COc1ccc(Oc2ccc(S(=O)(=O)N3CCc4c(ccc(C)c4NC(=O)Cc4ccc(C(F)(F)F)c(F)c4)C3)cc2)cc1. The van der Waals surface area contributed by atoms with Gasteiger partial charge in [-0.2, -0.15) is 17.5 Å². The first-order valence-corrected chi connectivity index (χ1v) is 15.0. The number of hydrogen-bond donors (Lipinski definition) is 1. The summed E-state index contributed by atoms with van der Waals surface area (Å²) in [5, 5.41) is 2.80. The molecule has 0 saturated carbocycles. The van der Waals surface area contributed by atoms with Gasteiger partial charge in [-0.25, -0.2) is 12.8 Å². The molecular formula is C32H28F4N2O5S. The van der Waals surface area contributed by atoms with Crippen LogP contribution in [0.3, 0.4) is 0 Å². The van der Waals surface area contributed by atoms with Gasteiger partial charge in [-0.05, 0) is 96.3 Å². The van der Waals surface area contributed by atoms with E-state index in [1.807, 2.05) is 0 Å². The lowest BCUT2D eigenvalue weighted by Crippen LogP contribution is -2.36. The van der Waals surface area contributed by atoms with Crippen molar-refractivity contribution in [2.75, 3.05) is 19.0 Å². The predicted molar refractivity (Wildman–Crippen MR) is 156 cm³/mol. The molecule has 4 aromatic carbocycles. The van der Waals surface area contributed by atoms with Crippen LogP contribution in [0.15, 0.2) is 83.8 Å². The summed E-state index contributed by atoms with van der Waals surface area (Å²) in [5.41, 5.74) is 1.42. The monoisotopic (exact) mass is 628 g/mol. The van der Waals surface area contributed by atoms with Crippen LogP contribution in [-0.4, -0.2) is 32.3 Å². The van der Waals surface area contributed by atoms with Crippen LogP contribution in [-0.2, 0) is 40.4 Å². The first kappa shape index (κ1) is 31.0. The highest BCUT2D eigenvalue weighted by molar-refractivity contribution is 7.89. The van der Waals surface area contributed by atoms with Crippen LogP contribution in [0.4, 0.5) is 23.2 Å². The zero-order chi connectivity index (χ0) is 31.6. The molecule has 0 unspecified atom stereocenters. The number of benzene rings is 4. The fourth-order valence-corrected chi connectivity index (χ4v) is 6.42. The van der Waals surface area contributed by atoms with Gasteiger partial charge < -0.3 is 14.8 Å². The highest BCUT2D eigenvalue weighted by Gasteiger charge is 2.34. The highest BCUT2D eigenvalue weighted by atomic mass is 32.2. The molecule has 1 aliphatic rings. The van der Waals surface area contributed by atoms with Gasteiger partial charge in [0.25, 0.3) is 0 Å². The van der Waals surface area contributed by atoms with Crippen LogP contribution in [0, 0.1) is 12.7 Å². The van der Waals surface area contributed by atoms with Gasteiger partial charge in [-0.15, -0.1) is 0 Å². The molecule has 1 amide bonds. The molecule has 0 atom stereocenters. The smallest absolute Gasteiger partial charge is 0.419 e. The highest BCUT2D eigenvalue weighted by Crippen LogP contribution is 2.34. The van der Waals surface area contributed by atoms with Crippen molar-refractivity contribution in [1.82, 2.24) is 4.31 Å². The van der Waals surface area contributed by atoms with Gasteiger partial charge in [-0.3, -0.25) is 4.79 Å². The molecule has 0 spiro atoms. The lowest BCUT2D eigenvalue weighted by Gasteiger charge is -2.30. The largest absolute Gasteiger partial charge is 0.497 e. The summed E-state index contributed by atoms with van der Waals surface area (Å²) in [6, 6.07) is 19.0. The minimum Gasteiger partial charge on any atom is -0.497 e. The summed E-state index contributed by atoms with van der Waals surface area (Å²) < 4.78 is 91.9. The number of amides is 1. The summed E-state index contributed by atoms with van der Waals surface area (Å²) >= 11 is 0. The summed E-state index contributed by atoms with van der Waals surface area (Å²) in [7, 11) is -2.29. The second kappa shape index (κ2) is 12.3. The van der Waals surface area contributed by atoms with Gasteiger partial charge in [-0.1, -0.05) is 18.2 Å². The standard InChI is InChI=1S/C32H28F4N2O5S/c1-20-3-5-22-19-38(44(40,41)26-12-10-25(11-13-26)43-24-8-6-23(42-2)7-9-24)16-15-27(22)31(20)37-30(39)18-21-4-14-28(29(33)17-21)32(34,35)36/h3-14,17H,15-16,18-19H2,1-2H3,(H,37,39). The third-order valence-corrected chi connectivity index (χ3v) is 9.16. The second-order valence-electron chi connectivity index (χ2n) is 10.3. The Morgan fingerprint density at radius 2 is 1.57 bits per heavy atom. The molecule has 0 saturated heterocycles. The fourth-order valence-electron chi connectivity index (χ4n) is 5.00. The number of nitrogens with zero attached hydrogens (tertiary/aromatic N) is 1. The minimum atomic E-state index is -4.83. The fraction of sp³-hybridized carbons (Fsp3) is 0.219. The van der Waals surface area contributed by atoms with Crippen LogP contribution in [0.1, 0.15) is 27.8 Å². The molecule has 44 heavy (non-hydrogen) atoms. The molecule has 7 nitrogen and oxygen atoms in total. The Morgan fingerprint density at radius 1 is 0.932 bits per heavy atom. The number of anilines is 1. The Bertz CT molecular complexity index is 1790. The van der Waals surface area contributed by atoms with Crippen molar-refractivity contribution >= 4 is 21.6 Å². The van der Waals surface area contributed by atoms with Crippen molar-refractivity contribution in [3.8, 4) is 17.2 Å². The first-order chi connectivity index (χ1) is 20.8. The van der Waals surface area contributed by atoms with Crippen molar-refractivity contribution in [2.45, 2.75) is 37.4 Å². The van der Waals surface area contributed by atoms with Crippen LogP contribution in [0.2, 0.25) is 0 Å². The Labute approximate surface area is 252 Å². The van der Waals surface area contributed by atoms with Crippen LogP contribution in [0.5, 0.6) is 17.2 Å². The summed E-state index contributed by atoms with van der Waals surface area (Å²) in [6.07, 6.45) is -4.85. The zero-order valence-electron chi connectivity index (χ0n) is 23.7. The van der Waals surface area contributed by atoms with E-state index in [1.165, 1.54) is 16.4 Å². The Morgan fingerprint density at radius 3 is 2.18 bits per heavy atom. The predicted octanol–water partition coefficient (Wildman–Crippen LogP) is 6.88. The van der Waals surface area contributed by atoms with Crippen LogP contribution >= 0.6 is 0 Å². The van der Waals surface area contributed by atoms with E-state index in [-0.39, 0.29) is 30.0 Å². The summed E-state index contributed by atoms with van der Waals surface area (Å²) in [6.45, 7) is 2.03. The number of carbonyl (C=O) groups excluding carboxylic acids is 1. The van der Waals surface area contributed by atoms with E-state index < -0.39 is 33.5 Å². The third kappa shape index (κ3) is 6.71. The first-order valence-electron chi connectivity index (χ1n) is 13.5. The number of alkyl halides is 3.